The molecule has 0 aliphatic carbocycles. The number of hydrogen-bond acceptors (Lipinski definition) is 4. The molecule has 1 N–H and O–H groups in total. The van der Waals surface area contributed by atoms with Crippen molar-refractivity contribution in [1.29, 1.82) is 0 Å². The Hall–Kier alpha value is -2.43. The highest BCUT2D eigenvalue weighted by Crippen LogP contribution is 2.16. The number of hydrogen-bond donors (Lipinski definition) is 1. The Kier molecular flexibility index (Phi) is 5.77. The molecule has 0 bridgehead atoms. The van der Waals surface area contributed by atoms with Gasteiger partial charge in [-0.2, -0.15) is 0 Å². The summed E-state index contributed by atoms with van der Waals surface area (Å²) in [7, 11) is 0. The van der Waals surface area contributed by atoms with Gasteiger partial charge in [-0.15, -0.1) is 0 Å². The van der Waals surface area contributed by atoms with Crippen molar-refractivity contribution in [3.05, 3.63) is 90.1 Å². The maximum Gasteiger partial charge on any atom is 0.133 e. The van der Waals surface area contributed by atoms with Gasteiger partial charge in [0, 0.05) is 37.9 Å². The fraction of sp³-hybridized carbons (Fsp3) is 0.250. The van der Waals surface area contributed by atoms with E-state index in [1.165, 1.54) is 5.56 Å². The standard InChI is InChI=1S/C20H22N2O2/c23-19(20-10-6-14-24-20)16-22(15-17-7-2-1-3-8-17)13-11-18-9-4-5-12-21-18/h1-10,12,14,19,23H,11,13,15-16H2. The molecule has 0 saturated carbocycles. The van der Waals surface area contributed by atoms with E-state index >= 15 is 0 Å². The third-order valence-electron chi connectivity index (χ3n) is 3.96. The summed E-state index contributed by atoms with van der Waals surface area (Å²) >= 11 is 0. The van der Waals surface area contributed by atoms with Gasteiger partial charge in [0.15, 0.2) is 0 Å². The molecule has 2 aromatic heterocycles. The molecule has 124 valence electrons. The van der Waals surface area contributed by atoms with Crippen LogP contribution in [0.2, 0.25) is 0 Å². The molecule has 4 nitrogen and oxygen atoms in total. The zero-order valence-corrected chi connectivity index (χ0v) is 13.6. The molecule has 3 rings (SSSR count). The Bertz CT molecular complexity index is 699. The molecule has 1 aromatic carbocycles. The Labute approximate surface area is 142 Å². The lowest BCUT2D eigenvalue weighted by Gasteiger charge is -2.24. The van der Waals surface area contributed by atoms with Crippen LogP contribution in [0.5, 0.6) is 0 Å². The first-order valence-electron chi connectivity index (χ1n) is 8.19. The van der Waals surface area contributed by atoms with Gasteiger partial charge in [-0.05, 0) is 29.8 Å². The summed E-state index contributed by atoms with van der Waals surface area (Å²) in [4.78, 5) is 6.61. The van der Waals surface area contributed by atoms with Crippen LogP contribution >= 0.6 is 0 Å². The fourth-order valence-corrected chi connectivity index (χ4v) is 2.71. The summed E-state index contributed by atoms with van der Waals surface area (Å²) in [5.41, 5.74) is 2.29. The molecule has 4 heteroatoms. The molecule has 24 heavy (non-hydrogen) atoms. The van der Waals surface area contributed by atoms with E-state index in [0.29, 0.717) is 12.3 Å². The average Bonchev–Trinajstić information content (AvgIpc) is 3.16. The third-order valence-corrected chi connectivity index (χ3v) is 3.96. The summed E-state index contributed by atoms with van der Waals surface area (Å²) in [6.45, 7) is 2.13. The van der Waals surface area contributed by atoms with Crippen LogP contribution in [-0.4, -0.2) is 28.1 Å². The predicted octanol–water partition coefficient (Wildman–Crippen LogP) is 3.45. The molecule has 0 radical (unpaired) electrons. The Morgan fingerprint density at radius 3 is 2.54 bits per heavy atom. The van der Waals surface area contributed by atoms with Crippen molar-refractivity contribution in [3.63, 3.8) is 0 Å². The Morgan fingerprint density at radius 1 is 1.00 bits per heavy atom. The highest BCUT2D eigenvalue weighted by Gasteiger charge is 2.16. The summed E-state index contributed by atoms with van der Waals surface area (Å²) in [5.74, 6) is 0.603. The lowest BCUT2D eigenvalue weighted by molar-refractivity contribution is 0.0913. The van der Waals surface area contributed by atoms with Crippen molar-refractivity contribution in [1.82, 2.24) is 9.88 Å². The summed E-state index contributed by atoms with van der Waals surface area (Å²) in [6, 6.07) is 19.9. The number of aliphatic hydroxyl groups excluding tert-OH is 1. The number of furan rings is 1. The first kappa shape index (κ1) is 16.4. The highest BCUT2D eigenvalue weighted by molar-refractivity contribution is 5.15. The Balaban J connectivity index is 1.65. The van der Waals surface area contributed by atoms with E-state index in [4.69, 9.17) is 4.42 Å². The molecular weight excluding hydrogens is 300 g/mol. The van der Waals surface area contributed by atoms with Gasteiger partial charge < -0.3 is 9.52 Å². The topological polar surface area (TPSA) is 49.5 Å². The Morgan fingerprint density at radius 2 is 1.83 bits per heavy atom. The van der Waals surface area contributed by atoms with Crippen molar-refractivity contribution < 1.29 is 9.52 Å². The molecule has 0 saturated heterocycles. The molecule has 0 spiro atoms. The van der Waals surface area contributed by atoms with Crippen molar-refractivity contribution in [2.24, 2.45) is 0 Å². The molecule has 3 aromatic rings. The van der Waals surface area contributed by atoms with E-state index in [1.54, 1.807) is 12.3 Å². The zero-order valence-electron chi connectivity index (χ0n) is 13.6. The van der Waals surface area contributed by atoms with E-state index in [9.17, 15) is 5.11 Å². The average molecular weight is 322 g/mol. The van der Waals surface area contributed by atoms with Crippen LogP contribution in [0.15, 0.2) is 77.5 Å². The molecule has 0 aliphatic rings. The van der Waals surface area contributed by atoms with Gasteiger partial charge in [-0.3, -0.25) is 9.88 Å². The van der Waals surface area contributed by atoms with Crippen LogP contribution in [0.4, 0.5) is 0 Å². The van der Waals surface area contributed by atoms with Crippen molar-refractivity contribution in [2.45, 2.75) is 19.1 Å². The predicted molar refractivity (Wildman–Crippen MR) is 93.3 cm³/mol. The molecule has 0 fully saturated rings. The lowest BCUT2D eigenvalue weighted by Crippen LogP contribution is -2.30. The van der Waals surface area contributed by atoms with Crippen molar-refractivity contribution in [3.8, 4) is 0 Å². The van der Waals surface area contributed by atoms with Crippen LogP contribution < -0.4 is 0 Å². The molecular formula is C20H22N2O2. The van der Waals surface area contributed by atoms with Gasteiger partial charge in [0.2, 0.25) is 0 Å². The first-order chi connectivity index (χ1) is 11.8. The van der Waals surface area contributed by atoms with Crippen molar-refractivity contribution in [2.75, 3.05) is 13.1 Å². The maximum atomic E-state index is 10.4. The van der Waals surface area contributed by atoms with Crippen LogP contribution in [0, 0.1) is 0 Å². The van der Waals surface area contributed by atoms with Gasteiger partial charge in [0.25, 0.3) is 0 Å². The second-order valence-electron chi connectivity index (χ2n) is 5.82. The van der Waals surface area contributed by atoms with Gasteiger partial charge in [0.1, 0.15) is 11.9 Å². The number of nitrogens with zero attached hydrogens (tertiary/aromatic N) is 2. The van der Waals surface area contributed by atoms with E-state index < -0.39 is 6.10 Å². The summed E-state index contributed by atoms with van der Waals surface area (Å²) in [5, 5.41) is 10.4. The third kappa shape index (κ3) is 4.78. The summed E-state index contributed by atoms with van der Waals surface area (Å²) < 4.78 is 5.32. The minimum absolute atomic E-state index is 0.523. The highest BCUT2D eigenvalue weighted by atomic mass is 16.4. The van der Waals surface area contributed by atoms with E-state index in [2.05, 4.69) is 22.0 Å². The molecule has 1 atom stereocenters. The van der Waals surface area contributed by atoms with E-state index in [0.717, 1.165) is 25.2 Å². The minimum atomic E-state index is -0.632. The molecule has 0 aliphatic heterocycles. The molecule has 0 amide bonds. The van der Waals surface area contributed by atoms with Gasteiger partial charge in [-0.25, -0.2) is 0 Å². The molecule has 1 unspecified atom stereocenters. The number of rotatable bonds is 8. The van der Waals surface area contributed by atoms with Crippen LogP contribution in [0.25, 0.3) is 0 Å². The van der Waals surface area contributed by atoms with E-state index in [-0.39, 0.29) is 0 Å². The quantitative estimate of drug-likeness (QED) is 0.690. The van der Waals surface area contributed by atoms with Gasteiger partial charge >= 0.3 is 0 Å². The normalized spacial score (nSPS) is 12.4. The van der Waals surface area contributed by atoms with Crippen LogP contribution in [0.3, 0.4) is 0 Å². The maximum absolute atomic E-state index is 10.4. The zero-order chi connectivity index (χ0) is 16.6. The van der Waals surface area contributed by atoms with Gasteiger partial charge in [0.05, 0.1) is 6.26 Å². The smallest absolute Gasteiger partial charge is 0.133 e. The molecule has 2 heterocycles. The number of benzene rings is 1. The largest absolute Gasteiger partial charge is 0.467 e. The van der Waals surface area contributed by atoms with Crippen molar-refractivity contribution >= 4 is 0 Å². The van der Waals surface area contributed by atoms with Crippen LogP contribution in [-0.2, 0) is 13.0 Å². The monoisotopic (exact) mass is 322 g/mol. The second-order valence-corrected chi connectivity index (χ2v) is 5.82. The number of aromatic nitrogens is 1. The SMILES string of the molecule is OC(CN(CCc1ccccn1)Cc1ccccc1)c1ccco1. The number of pyridine rings is 1. The minimum Gasteiger partial charge on any atom is -0.467 e. The number of aliphatic hydroxyl groups is 1. The van der Waals surface area contributed by atoms with E-state index in [1.807, 2.05) is 48.7 Å². The summed E-state index contributed by atoms with van der Waals surface area (Å²) in [6.07, 6.45) is 3.62. The lowest BCUT2D eigenvalue weighted by atomic mass is 10.1. The van der Waals surface area contributed by atoms with Crippen LogP contribution in [0.1, 0.15) is 23.1 Å². The van der Waals surface area contributed by atoms with Gasteiger partial charge in [-0.1, -0.05) is 36.4 Å². The first-order valence-corrected chi connectivity index (χ1v) is 8.19. The second kappa shape index (κ2) is 8.43. The fourth-order valence-electron chi connectivity index (χ4n) is 2.71.